The van der Waals surface area contributed by atoms with Gasteiger partial charge in [0.05, 0.1) is 19.0 Å². The van der Waals surface area contributed by atoms with Gasteiger partial charge in [-0.25, -0.2) is 4.98 Å². The number of hydrogen-bond acceptors (Lipinski definition) is 5. The molecule has 0 bridgehead atoms. The summed E-state index contributed by atoms with van der Waals surface area (Å²) < 4.78 is 4.68. The molecule has 6 heteroatoms. The number of nitrogens with one attached hydrogen (secondary N) is 1. The molecule has 5 nitrogen and oxygen atoms in total. The van der Waals surface area contributed by atoms with Crippen molar-refractivity contribution < 1.29 is 9.53 Å². The third-order valence-corrected chi connectivity index (χ3v) is 3.29. The smallest absolute Gasteiger partial charge is 0.325 e. The number of pyridine rings is 1. The molecule has 1 aromatic heterocycles. The number of ether oxygens (including phenoxy) is 1. The first-order valence-corrected chi connectivity index (χ1v) is 6.48. The predicted octanol–water partition coefficient (Wildman–Crippen LogP) is 2.54. The van der Waals surface area contributed by atoms with Crippen LogP contribution in [-0.4, -0.2) is 38.7 Å². The summed E-state index contributed by atoms with van der Waals surface area (Å²) in [6, 6.07) is 5.60. The molecule has 0 aliphatic rings. The van der Waals surface area contributed by atoms with Gasteiger partial charge in [-0.15, -0.1) is 0 Å². The normalized spacial score (nSPS) is 10.4. The van der Waals surface area contributed by atoms with Gasteiger partial charge in [0, 0.05) is 29.9 Å². The van der Waals surface area contributed by atoms with Gasteiger partial charge in [-0.3, -0.25) is 4.79 Å². The van der Waals surface area contributed by atoms with Crippen molar-refractivity contribution in [1.82, 2.24) is 4.98 Å². The van der Waals surface area contributed by atoms with Crippen LogP contribution in [0, 0.1) is 0 Å². The fraction of sp³-hybridized carbons (Fsp3) is 0.286. The number of rotatable bonds is 4. The number of aromatic nitrogens is 1. The summed E-state index contributed by atoms with van der Waals surface area (Å²) in [6.45, 7) is 0.129. The third kappa shape index (κ3) is 2.77. The van der Waals surface area contributed by atoms with Crippen molar-refractivity contribution in [1.29, 1.82) is 0 Å². The van der Waals surface area contributed by atoms with Crippen molar-refractivity contribution in [2.45, 2.75) is 0 Å². The Hall–Kier alpha value is -2.01. The molecule has 0 radical (unpaired) electrons. The van der Waals surface area contributed by atoms with Crippen LogP contribution in [0.4, 0.5) is 11.5 Å². The Morgan fingerprint density at radius 1 is 1.45 bits per heavy atom. The maximum absolute atomic E-state index is 11.4. The van der Waals surface area contributed by atoms with Gasteiger partial charge in [0.1, 0.15) is 12.4 Å². The Kier molecular flexibility index (Phi) is 4.29. The van der Waals surface area contributed by atoms with Gasteiger partial charge >= 0.3 is 5.97 Å². The number of halogens is 1. The number of esters is 1. The monoisotopic (exact) mass is 293 g/mol. The van der Waals surface area contributed by atoms with Gasteiger partial charge in [-0.2, -0.15) is 0 Å². The summed E-state index contributed by atoms with van der Waals surface area (Å²) in [4.78, 5) is 17.5. The molecule has 0 spiro atoms. The number of nitrogens with zero attached hydrogens (tertiary/aromatic N) is 2. The van der Waals surface area contributed by atoms with Crippen LogP contribution in [0.3, 0.4) is 0 Å². The fourth-order valence-electron chi connectivity index (χ4n) is 2.04. The molecule has 20 heavy (non-hydrogen) atoms. The minimum absolute atomic E-state index is 0.129. The molecule has 1 N–H and O–H groups in total. The maximum Gasteiger partial charge on any atom is 0.325 e. The number of carbonyl (C=O) groups excluding carboxylic acids is 1. The molecule has 106 valence electrons. The van der Waals surface area contributed by atoms with E-state index < -0.39 is 0 Å². The molecule has 0 saturated heterocycles. The highest BCUT2D eigenvalue weighted by Crippen LogP contribution is 2.31. The van der Waals surface area contributed by atoms with Crippen molar-refractivity contribution in [2.24, 2.45) is 0 Å². The molecule has 0 fully saturated rings. The number of carbonyl (C=O) groups is 1. The zero-order chi connectivity index (χ0) is 14.7. The fourth-order valence-corrected chi connectivity index (χ4v) is 2.21. The van der Waals surface area contributed by atoms with E-state index in [0.717, 1.165) is 16.5 Å². The Labute approximate surface area is 122 Å². The van der Waals surface area contributed by atoms with Gasteiger partial charge in [0.15, 0.2) is 0 Å². The summed E-state index contributed by atoms with van der Waals surface area (Å²) in [6.07, 6.45) is 1.74. The summed E-state index contributed by atoms with van der Waals surface area (Å²) >= 11 is 6.07. The van der Waals surface area contributed by atoms with E-state index in [1.807, 2.05) is 25.2 Å². The lowest BCUT2D eigenvalue weighted by Crippen LogP contribution is -2.27. The molecule has 0 unspecified atom stereocenters. The molecular formula is C14H16ClN3O2. The second kappa shape index (κ2) is 5.96. The van der Waals surface area contributed by atoms with E-state index in [4.69, 9.17) is 11.6 Å². The first-order chi connectivity index (χ1) is 9.56. The van der Waals surface area contributed by atoms with Crippen LogP contribution in [0.25, 0.3) is 10.8 Å². The SMILES string of the molecule is CNc1cnc(N(C)CC(=O)OC)c2cc(Cl)ccc12. The summed E-state index contributed by atoms with van der Waals surface area (Å²) in [7, 11) is 4.99. The lowest BCUT2D eigenvalue weighted by Gasteiger charge is -2.19. The largest absolute Gasteiger partial charge is 0.468 e. The zero-order valence-electron chi connectivity index (χ0n) is 11.6. The summed E-state index contributed by atoms with van der Waals surface area (Å²) in [5, 5.41) is 5.60. The second-order valence-corrected chi connectivity index (χ2v) is 4.80. The summed E-state index contributed by atoms with van der Waals surface area (Å²) in [5.74, 6) is 0.370. The van der Waals surface area contributed by atoms with E-state index in [0.29, 0.717) is 10.8 Å². The minimum Gasteiger partial charge on any atom is -0.468 e. The average Bonchev–Trinajstić information content (AvgIpc) is 2.45. The van der Waals surface area contributed by atoms with Crippen LogP contribution in [-0.2, 0) is 9.53 Å². The Morgan fingerprint density at radius 2 is 2.20 bits per heavy atom. The number of methoxy groups -OCH3 is 1. The van der Waals surface area contributed by atoms with Crippen molar-refractivity contribution >= 4 is 39.8 Å². The van der Waals surface area contributed by atoms with Crippen LogP contribution in [0.2, 0.25) is 5.02 Å². The predicted molar refractivity (Wildman–Crippen MR) is 81.6 cm³/mol. The Bertz CT molecular complexity index is 646. The molecule has 1 heterocycles. The molecule has 0 aliphatic heterocycles. The molecule has 0 atom stereocenters. The quantitative estimate of drug-likeness (QED) is 0.878. The highest BCUT2D eigenvalue weighted by Gasteiger charge is 2.14. The maximum atomic E-state index is 11.4. The number of likely N-dealkylation sites (N-methyl/N-ethyl adjacent to an activating group) is 1. The number of hydrogen-bond donors (Lipinski definition) is 1. The van der Waals surface area contributed by atoms with Gasteiger partial charge in [0.25, 0.3) is 0 Å². The van der Waals surface area contributed by atoms with E-state index >= 15 is 0 Å². The standard InChI is InChI=1S/C14H16ClN3O2/c1-16-12-7-17-14(18(2)8-13(19)20-3)11-6-9(15)4-5-10(11)12/h4-7,16H,8H2,1-3H3. The third-order valence-electron chi connectivity index (χ3n) is 3.05. The average molecular weight is 294 g/mol. The topological polar surface area (TPSA) is 54.5 Å². The van der Waals surface area contributed by atoms with E-state index in [9.17, 15) is 4.79 Å². The van der Waals surface area contributed by atoms with Crippen molar-refractivity contribution in [3.8, 4) is 0 Å². The lowest BCUT2D eigenvalue weighted by molar-refractivity contribution is -0.138. The van der Waals surface area contributed by atoms with Crippen molar-refractivity contribution in [3.63, 3.8) is 0 Å². The molecule has 2 rings (SSSR count). The van der Waals surface area contributed by atoms with E-state index in [-0.39, 0.29) is 12.5 Å². The van der Waals surface area contributed by atoms with E-state index in [1.165, 1.54) is 7.11 Å². The number of benzene rings is 1. The minimum atomic E-state index is -0.317. The van der Waals surface area contributed by atoms with Crippen LogP contribution >= 0.6 is 11.6 Å². The highest BCUT2D eigenvalue weighted by atomic mass is 35.5. The molecule has 0 aliphatic carbocycles. The first-order valence-electron chi connectivity index (χ1n) is 6.10. The lowest BCUT2D eigenvalue weighted by atomic mass is 10.1. The van der Waals surface area contributed by atoms with Gasteiger partial charge < -0.3 is 15.0 Å². The molecular weight excluding hydrogens is 278 g/mol. The molecule has 1 aromatic carbocycles. The van der Waals surface area contributed by atoms with Gasteiger partial charge in [-0.05, 0) is 12.1 Å². The highest BCUT2D eigenvalue weighted by molar-refractivity contribution is 6.31. The Morgan fingerprint density at radius 3 is 2.85 bits per heavy atom. The van der Waals surface area contributed by atoms with E-state index in [1.54, 1.807) is 18.1 Å². The van der Waals surface area contributed by atoms with E-state index in [2.05, 4.69) is 15.0 Å². The molecule has 0 saturated carbocycles. The Balaban J connectivity index is 2.53. The molecule has 0 amide bonds. The van der Waals surface area contributed by atoms with Crippen molar-refractivity contribution in [3.05, 3.63) is 29.4 Å². The first kappa shape index (κ1) is 14.4. The number of anilines is 2. The van der Waals surface area contributed by atoms with Crippen LogP contribution < -0.4 is 10.2 Å². The van der Waals surface area contributed by atoms with Crippen LogP contribution in [0.5, 0.6) is 0 Å². The second-order valence-electron chi connectivity index (χ2n) is 4.37. The molecule has 2 aromatic rings. The van der Waals surface area contributed by atoms with Gasteiger partial charge in [-0.1, -0.05) is 17.7 Å². The number of fused-ring (bicyclic) bond motifs is 1. The summed E-state index contributed by atoms with van der Waals surface area (Å²) in [5.41, 5.74) is 0.909. The van der Waals surface area contributed by atoms with Crippen LogP contribution in [0.1, 0.15) is 0 Å². The van der Waals surface area contributed by atoms with Crippen LogP contribution in [0.15, 0.2) is 24.4 Å². The van der Waals surface area contributed by atoms with Gasteiger partial charge in [0.2, 0.25) is 0 Å². The van der Waals surface area contributed by atoms with Crippen molar-refractivity contribution in [2.75, 3.05) is 38.0 Å². The zero-order valence-corrected chi connectivity index (χ0v) is 12.4.